The predicted octanol–water partition coefficient (Wildman–Crippen LogP) is 5.48. The van der Waals surface area contributed by atoms with Crippen LogP contribution in [0.4, 0.5) is 0 Å². The molecule has 0 saturated carbocycles. The molecule has 0 fully saturated rings. The lowest BCUT2D eigenvalue weighted by Gasteiger charge is -2.29. The summed E-state index contributed by atoms with van der Waals surface area (Å²) in [5, 5.41) is 3.88. The summed E-state index contributed by atoms with van der Waals surface area (Å²) in [6.45, 7) is 6.61. The van der Waals surface area contributed by atoms with E-state index >= 15 is 0 Å². The molecule has 2 rings (SSSR count). The molecular formula is C23H28Cl2N2O2S. The maximum Gasteiger partial charge on any atom is 0.242 e. The number of rotatable bonds is 10. The van der Waals surface area contributed by atoms with Crippen molar-refractivity contribution in [2.24, 2.45) is 0 Å². The van der Waals surface area contributed by atoms with E-state index in [9.17, 15) is 9.59 Å². The minimum atomic E-state index is -0.601. The summed E-state index contributed by atoms with van der Waals surface area (Å²) < 4.78 is 0. The summed E-state index contributed by atoms with van der Waals surface area (Å²) in [5.74, 6) is 0.749. The second-order valence-corrected chi connectivity index (χ2v) is 9.03. The highest BCUT2D eigenvalue weighted by molar-refractivity contribution is 7.99. The van der Waals surface area contributed by atoms with Gasteiger partial charge < -0.3 is 10.2 Å². The minimum absolute atomic E-state index is 0.0997. The number of halogens is 2. The molecule has 0 spiro atoms. The van der Waals surface area contributed by atoms with Gasteiger partial charge in [-0.25, -0.2) is 0 Å². The first-order chi connectivity index (χ1) is 14.3. The average Bonchev–Trinajstić information content (AvgIpc) is 2.72. The van der Waals surface area contributed by atoms with E-state index in [2.05, 4.69) is 29.6 Å². The minimum Gasteiger partial charge on any atom is -0.354 e. The number of nitrogens with zero attached hydrogens (tertiary/aromatic N) is 1. The van der Waals surface area contributed by atoms with Crippen LogP contribution in [0.1, 0.15) is 37.0 Å². The highest BCUT2D eigenvalue weighted by atomic mass is 35.5. The van der Waals surface area contributed by atoms with E-state index in [1.165, 1.54) is 22.9 Å². The zero-order chi connectivity index (χ0) is 22.1. The van der Waals surface area contributed by atoms with Crippen LogP contribution in [0.25, 0.3) is 0 Å². The number of hydrogen-bond acceptors (Lipinski definition) is 3. The second-order valence-electron chi connectivity index (χ2n) is 7.20. The lowest BCUT2D eigenvalue weighted by molar-refractivity contribution is -0.138. The Kier molecular flexibility index (Phi) is 10.0. The van der Waals surface area contributed by atoms with Crippen molar-refractivity contribution in [1.29, 1.82) is 0 Å². The van der Waals surface area contributed by atoms with Gasteiger partial charge >= 0.3 is 0 Å². The van der Waals surface area contributed by atoms with Gasteiger partial charge in [0.15, 0.2) is 0 Å². The van der Waals surface area contributed by atoms with Crippen LogP contribution in [0, 0.1) is 6.92 Å². The SMILES string of the molecule is CCCNC(=O)[C@H](C)N(Cc1ccc(Cl)cc1Cl)C(=O)CSCc1ccc(C)cc1. The number of hydrogen-bond donors (Lipinski definition) is 1. The fourth-order valence-electron chi connectivity index (χ4n) is 2.84. The molecule has 0 radical (unpaired) electrons. The van der Waals surface area contributed by atoms with Crippen LogP contribution in [0.15, 0.2) is 42.5 Å². The molecule has 2 amide bonds. The van der Waals surface area contributed by atoms with E-state index in [-0.39, 0.29) is 24.1 Å². The van der Waals surface area contributed by atoms with Gasteiger partial charge in [0.1, 0.15) is 6.04 Å². The summed E-state index contributed by atoms with van der Waals surface area (Å²) in [6.07, 6.45) is 0.835. The molecule has 0 aliphatic carbocycles. The van der Waals surface area contributed by atoms with E-state index < -0.39 is 6.04 Å². The molecule has 2 aromatic rings. The van der Waals surface area contributed by atoms with Gasteiger partial charge in [0.2, 0.25) is 11.8 Å². The van der Waals surface area contributed by atoms with E-state index in [0.717, 1.165) is 17.7 Å². The molecule has 7 heteroatoms. The molecular weight excluding hydrogens is 439 g/mol. The molecule has 0 aliphatic heterocycles. The molecule has 0 unspecified atom stereocenters. The molecule has 30 heavy (non-hydrogen) atoms. The van der Waals surface area contributed by atoms with Crippen molar-refractivity contribution in [3.63, 3.8) is 0 Å². The van der Waals surface area contributed by atoms with Crippen molar-refractivity contribution in [2.75, 3.05) is 12.3 Å². The number of benzene rings is 2. The summed E-state index contributed by atoms with van der Waals surface area (Å²) in [6, 6.07) is 12.8. The highest BCUT2D eigenvalue weighted by Crippen LogP contribution is 2.24. The van der Waals surface area contributed by atoms with E-state index in [1.54, 1.807) is 30.0 Å². The van der Waals surface area contributed by atoms with Crippen molar-refractivity contribution in [2.45, 2.75) is 45.5 Å². The van der Waals surface area contributed by atoms with Crippen molar-refractivity contribution in [3.05, 3.63) is 69.2 Å². The Labute approximate surface area is 193 Å². The van der Waals surface area contributed by atoms with Crippen molar-refractivity contribution >= 4 is 46.8 Å². The van der Waals surface area contributed by atoms with E-state index in [4.69, 9.17) is 23.2 Å². The third-order valence-electron chi connectivity index (χ3n) is 4.69. The molecule has 1 atom stereocenters. The maximum atomic E-state index is 13.0. The van der Waals surface area contributed by atoms with Crippen LogP contribution in [0.2, 0.25) is 10.0 Å². The number of carbonyl (C=O) groups excluding carboxylic acids is 2. The van der Waals surface area contributed by atoms with Gasteiger partial charge in [-0.3, -0.25) is 9.59 Å². The topological polar surface area (TPSA) is 49.4 Å². The van der Waals surface area contributed by atoms with Crippen molar-refractivity contribution in [3.8, 4) is 0 Å². The summed E-state index contributed by atoms with van der Waals surface area (Å²) in [7, 11) is 0. The molecule has 0 heterocycles. The smallest absolute Gasteiger partial charge is 0.242 e. The monoisotopic (exact) mass is 466 g/mol. The quantitative estimate of drug-likeness (QED) is 0.504. The third kappa shape index (κ3) is 7.53. The zero-order valence-corrected chi connectivity index (χ0v) is 19.9. The van der Waals surface area contributed by atoms with Crippen molar-refractivity contribution < 1.29 is 9.59 Å². The van der Waals surface area contributed by atoms with Crippen LogP contribution < -0.4 is 5.32 Å². The lowest BCUT2D eigenvalue weighted by atomic mass is 10.1. The maximum absolute atomic E-state index is 13.0. The van der Waals surface area contributed by atoms with Crippen LogP contribution in [-0.4, -0.2) is 35.1 Å². The molecule has 0 saturated heterocycles. The first-order valence-electron chi connectivity index (χ1n) is 9.96. The Morgan fingerprint density at radius 2 is 1.83 bits per heavy atom. The normalized spacial score (nSPS) is 11.8. The Morgan fingerprint density at radius 3 is 2.47 bits per heavy atom. The highest BCUT2D eigenvalue weighted by Gasteiger charge is 2.26. The molecule has 4 nitrogen and oxygen atoms in total. The second kappa shape index (κ2) is 12.2. The van der Waals surface area contributed by atoms with E-state index in [1.807, 2.05) is 13.8 Å². The summed E-state index contributed by atoms with van der Waals surface area (Å²) >= 11 is 13.8. The fourth-order valence-corrected chi connectivity index (χ4v) is 4.17. The Balaban J connectivity index is 2.09. The molecule has 0 aromatic heterocycles. The molecule has 0 aliphatic rings. The number of amides is 2. The first-order valence-corrected chi connectivity index (χ1v) is 11.9. The number of nitrogens with one attached hydrogen (secondary N) is 1. The van der Waals surface area contributed by atoms with Gasteiger partial charge in [0.05, 0.1) is 5.75 Å². The Hall–Kier alpha value is -1.69. The van der Waals surface area contributed by atoms with E-state index in [0.29, 0.717) is 16.6 Å². The standard InChI is InChI=1S/C23H28Cl2N2O2S/c1-4-11-26-23(29)17(3)27(13-19-9-10-20(24)12-21(19)25)22(28)15-30-14-18-7-5-16(2)6-8-18/h5-10,12,17H,4,11,13-15H2,1-3H3,(H,26,29)/t17-/m0/s1. The Bertz CT molecular complexity index is 859. The van der Waals surface area contributed by atoms with Gasteiger partial charge in [-0.15, -0.1) is 11.8 Å². The van der Waals surface area contributed by atoms with Crippen LogP contribution >= 0.6 is 35.0 Å². The number of carbonyl (C=O) groups is 2. The van der Waals surface area contributed by atoms with Gasteiger partial charge in [-0.05, 0) is 43.5 Å². The predicted molar refractivity (Wildman–Crippen MR) is 127 cm³/mol. The zero-order valence-electron chi connectivity index (χ0n) is 17.6. The average molecular weight is 467 g/mol. The lowest BCUT2D eigenvalue weighted by Crippen LogP contribution is -2.48. The number of thioether (sulfide) groups is 1. The van der Waals surface area contributed by atoms with Crippen LogP contribution in [0.5, 0.6) is 0 Å². The first kappa shape index (κ1) is 24.6. The molecule has 2 aromatic carbocycles. The molecule has 0 bridgehead atoms. The largest absolute Gasteiger partial charge is 0.354 e. The van der Waals surface area contributed by atoms with Crippen LogP contribution in [0.3, 0.4) is 0 Å². The number of aryl methyl sites for hydroxylation is 1. The van der Waals surface area contributed by atoms with Gasteiger partial charge in [0.25, 0.3) is 0 Å². The Morgan fingerprint density at radius 1 is 1.13 bits per heavy atom. The molecule has 1 N–H and O–H groups in total. The third-order valence-corrected chi connectivity index (χ3v) is 6.26. The summed E-state index contributed by atoms with van der Waals surface area (Å²) in [5.41, 5.74) is 3.13. The van der Waals surface area contributed by atoms with Gasteiger partial charge in [-0.2, -0.15) is 0 Å². The van der Waals surface area contributed by atoms with Gasteiger partial charge in [-0.1, -0.05) is 66.0 Å². The summed E-state index contributed by atoms with van der Waals surface area (Å²) in [4.78, 5) is 27.2. The molecule has 162 valence electrons. The van der Waals surface area contributed by atoms with Gasteiger partial charge in [0, 0.05) is 28.9 Å². The van der Waals surface area contributed by atoms with Crippen molar-refractivity contribution in [1.82, 2.24) is 10.2 Å². The van der Waals surface area contributed by atoms with Crippen LogP contribution in [-0.2, 0) is 21.9 Å². The fraction of sp³-hybridized carbons (Fsp3) is 0.391.